The number of amides is 1. The van der Waals surface area contributed by atoms with E-state index in [1.807, 2.05) is 19.6 Å². The quantitative estimate of drug-likeness (QED) is 0.179. The molecule has 0 aromatic carbocycles. The number of carboxylic acids is 1. The lowest BCUT2D eigenvalue weighted by atomic mass is 10.1. The molecule has 1 aliphatic rings. The van der Waals surface area contributed by atoms with Crippen LogP contribution in [-0.2, 0) is 57.2 Å². The Morgan fingerprint density at radius 1 is 0.492 bits per heavy atom. The molecule has 1 heterocycles. The molecular formula is C43H77N5O13. The number of carbonyl (C=O) groups is 7. The zero-order valence-corrected chi connectivity index (χ0v) is 39.7. The van der Waals surface area contributed by atoms with Gasteiger partial charge in [-0.25, -0.2) is 4.79 Å². The summed E-state index contributed by atoms with van der Waals surface area (Å²) in [5.74, 6) is -4.91. The molecule has 1 rings (SSSR count). The van der Waals surface area contributed by atoms with Gasteiger partial charge in [-0.15, -0.1) is 0 Å². The summed E-state index contributed by atoms with van der Waals surface area (Å²) in [6.45, 7) is 28.0. The van der Waals surface area contributed by atoms with Crippen molar-refractivity contribution in [3.63, 3.8) is 0 Å². The van der Waals surface area contributed by atoms with Gasteiger partial charge in [-0.2, -0.15) is 0 Å². The largest absolute Gasteiger partial charge is 0.480 e. The molecule has 0 aliphatic carbocycles. The summed E-state index contributed by atoms with van der Waals surface area (Å²) in [6.07, 6.45) is -1.00. The van der Waals surface area contributed by atoms with E-state index in [0.29, 0.717) is 26.2 Å². The van der Waals surface area contributed by atoms with Crippen LogP contribution in [0.1, 0.15) is 123 Å². The minimum atomic E-state index is -1.57. The van der Waals surface area contributed by atoms with Gasteiger partial charge < -0.3 is 34.1 Å². The lowest BCUT2D eigenvalue weighted by Crippen LogP contribution is -2.53. The number of carbonyl (C=O) groups excluding carboxylic acids is 6. The number of nitrogens with one attached hydrogen (secondary N) is 1. The van der Waals surface area contributed by atoms with Crippen molar-refractivity contribution < 1.29 is 62.4 Å². The average molecular weight is 872 g/mol. The van der Waals surface area contributed by atoms with E-state index in [2.05, 4.69) is 5.32 Å². The topological polar surface area (TPSA) is 211 Å². The zero-order chi connectivity index (χ0) is 47.1. The van der Waals surface area contributed by atoms with Crippen LogP contribution in [0, 0.1) is 0 Å². The molecule has 0 spiro atoms. The molecule has 2 N–H and O–H groups in total. The first-order chi connectivity index (χ1) is 27.6. The summed E-state index contributed by atoms with van der Waals surface area (Å²) >= 11 is 0. The molecular weight excluding hydrogens is 794 g/mol. The number of ether oxygens (including phenoxy) is 5. The Kier molecular flexibility index (Phi) is 21.3. The van der Waals surface area contributed by atoms with Crippen LogP contribution in [0.2, 0.25) is 0 Å². The fourth-order valence-electron chi connectivity index (χ4n) is 6.11. The average Bonchev–Trinajstić information content (AvgIpc) is 3.00. The lowest BCUT2D eigenvalue weighted by molar-refractivity contribution is -0.163. The Hall–Kier alpha value is -3.87. The molecule has 1 saturated heterocycles. The highest BCUT2D eigenvalue weighted by Crippen LogP contribution is 2.18. The second kappa shape index (κ2) is 23.5. The van der Waals surface area contributed by atoms with E-state index in [1.54, 1.807) is 104 Å². The van der Waals surface area contributed by atoms with E-state index < -0.39 is 88.2 Å². The van der Waals surface area contributed by atoms with Gasteiger partial charge in [-0.05, 0) is 110 Å². The zero-order valence-electron chi connectivity index (χ0n) is 39.7. The van der Waals surface area contributed by atoms with Gasteiger partial charge in [0.15, 0.2) is 0 Å². The Balaban J connectivity index is 3.63. The molecule has 0 saturated carbocycles. The number of hydrogen-bond donors (Lipinski definition) is 2. The molecule has 18 heteroatoms. The monoisotopic (exact) mass is 872 g/mol. The maximum atomic E-state index is 14.1. The molecule has 352 valence electrons. The smallest absolute Gasteiger partial charge is 0.326 e. The predicted molar refractivity (Wildman–Crippen MR) is 227 cm³/mol. The Morgan fingerprint density at radius 3 is 1.11 bits per heavy atom. The maximum absolute atomic E-state index is 14.1. The Morgan fingerprint density at radius 2 is 0.803 bits per heavy atom. The minimum absolute atomic E-state index is 0.0345. The van der Waals surface area contributed by atoms with Crippen molar-refractivity contribution in [3.8, 4) is 0 Å². The predicted octanol–water partition coefficient (Wildman–Crippen LogP) is 3.02. The number of esters is 5. The third-order valence-corrected chi connectivity index (χ3v) is 8.38. The van der Waals surface area contributed by atoms with Crippen LogP contribution in [0.25, 0.3) is 0 Å². The SMILES string of the molecule is CC(C)(C)OC(=O)C[C@H](NC(=O)CC[C@H](C(=O)OC(C)(C)C)N1CCN(CC(=O)OC(C)(C)C)CCN(CC(=O)OC(C)(C)C)CCN(CC(=O)OC(C)(C)C)CC1)C(=O)O. The van der Waals surface area contributed by atoms with Gasteiger partial charge in [0, 0.05) is 58.8 Å². The van der Waals surface area contributed by atoms with Crippen molar-refractivity contribution in [2.24, 2.45) is 0 Å². The van der Waals surface area contributed by atoms with Crippen molar-refractivity contribution in [1.82, 2.24) is 24.9 Å². The first-order valence-corrected chi connectivity index (χ1v) is 21.1. The summed E-state index contributed by atoms with van der Waals surface area (Å²) in [4.78, 5) is 98.8. The normalized spacial score (nSPS) is 17.4. The van der Waals surface area contributed by atoms with Gasteiger partial charge in [-0.1, -0.05) is 0 Å². The summed E-state index contributed by atoms with van der Waals surface area (Å²) in [6, 6.07) is -2.60. The van der Waals surface area contributed by atoms with Crippen LogP contribution in [0.3, 0.4) is 0 Å². The van der Waals surface area contributed by atoms with E-state index in [9.17, 15) is 38.7 Å². The molecule has 0 radical (unpaired) electrons. The van der Waals surface area contributed by atoms with Crippen molar-refractivity contribution in [2.75, 3.05) is 72.0 Å². The third-order valence-electron chi connectivity index (χ3n) is 8.38. The summed E-state index contributed by atoms with van der Waals surface area (Å²) < 4.78 is 28.0. The van der Waals surface area contributed by atoms with Crippen LogP contribution in [0.5, 0.6) is 0 Å². The Labute approximate surface area is 363 Å². The number of carboxylic acid groups (broad SMARTS) is 1. The maximum Gasteiger partial charge on any atom is 0.326 e. The van der Waals surface area contributed by atoms with Gasteiger partial charge in [0.1, 0.15) is 40.1 Å². The van der Waals surface area contributed by atoms with Crippen LogP contribution >= 0.6 is 0 Å². The van der Waals surface area contributed by atoms with Gasteiger partial charge >= 0.3 is 35.8 Å². The van der Waals surface area contributed by atoms with Crippen molar-refractivity contribution in [1.29, 1.82) is 0 Å². The second-order valence-corrected chi connectivity index (χ2v) is 20.5. The fourth-order valence-corrected chi connectivity index (χ4v) is 6.11. The molecule has 0 bridgehead atoms. The summed E-state index contributed by atoms with van der Waals surface area (Å²) in [5, 5.41) is 12.2. The first-order valence-electron chi connectivity index (χ1n) is 21.1. The van der Waals surface area contributed by atoms with Crippen LogP contribution in [0.4, 0.5) is 0 Å². The van der Waals surface area contributed by atoms with Crippen molar-refractivity contribution in [3.05, 3.63) is 0 Å². The highest BCUT2D eigenvalue weighted by Gasteiger charge is 2.34. The minimum Gasteiger partial charge on any atom is -0.480 e. The fraction of sp³-hybridized carbons (Fsp3) is 0.837. The number of hydrogen-bond acceptors (Lipinski definition) is 16. The van der Waals surface area contributed by atoms with Gasteiger partial charge in [-0.3, -0.25) is 48.4 Å². The molecule has 1 fully saturated rings. The first kappa shape index (κ1) is 55.1. The van der Waals surface area contributed by atoms with E-state index in [1.165, 1.54) is 0 Å². The van der Waals surface area contributed by atoms with Crippen LogP contribution in [0.15, 0.2) is 0 Å². The number of rotatable bonds is 15. The van der Waals surface area contributed by atoms with Gasteiger partial charge in [0.25, 0.3) is 0 Å². The summed E-state index contributed by atoms with van der Waals surface area (Å²) in [7, 11) is 0. The molecule has 2 atom stereocenters. The van der Waals surface area contributed by atoms with E-state index >= 15 is 0 Å². The summed E-state index contributed by atoms with van der Waals surface area (Å²) in [5.41, 5.74) is -3.97. The molecule has 0 aromatic heterocycles. The van der Waals surface area contributed by atoms with Crippen molar-refractivity contribution >= 4 is 41.7 Å². The van der Waals surface area contributed by atoms with Gasteiger partial charge in [0.2, 0.25) is 5.91 Å². The second-order valence-electron chi connectivity index (χ2n) is 20.5. The lowest BCUT2D eigenvalue weighted by Gasteiger charge is -2.37. The third kappa shape index (κ3) is 26.9. The standard InChI is InChI=1S/C43H77N5O13/c1-39(2,3)57-33(50)26-30(37(54)55)44-32(49)17-16-31(38(56)61-43(13,14)15)48-24-22-46(28-35(52)59-41(7,8)9)20-18-45(27-34(51)58-40(4,5)6)19-21-47(23-25-48)29-36(53)60-42(10,11)12/h30-31H,16-29H2,1-15H3,(H,44,49)(H,54,55)/t30-,31+/m0/s1. The highest BCUT2D eigenvalue weighted by atomic mass is 16.6. The molecule has 0 aromatic rings. The number of aliphatic carboxylic acids is 1. The number of nitrogens with zero attached hydrogens (tertiary/aromatic N) is 4. The molecule has 1 amide bonds. The van der Waals surface area contributed by atoms with E-state index in [-0.39, 0.29) is 58.7 Å². The Bertz CT molecular complexity index is 1440. The van der Waals surface area contributed by atoms with Gasteiger partial charge in [0.05, 0.1) is 26.1 Å². The van der Waals surface area contributed by atoms with Crippen molar-refractivity contribution in [2.45, 2.75) is 163 Å². The molecule has 18 nitrogen and oxygen atoms in total. The molecule has 1 aliphatic heterocycles. The van der Waals surface area contributed by atoms with E-state index in [4.69, 9.17) is 23.7 Å². The van der Waals surface area contributed by atoms with Crippen LogP contribution < -0.4 is 5.32 Å². The molecule has 61 heavy (non-hydrogen) atoms. The van der Waals surface area contributed by atoms with E-state index in [0.717, 1.165) is 0 Å². The van der Waals surface area contributed by atoms with Crippen LogP contribution in [-0.4, -0.2) is 179 Å². The highest BCUT2D eigenvalue weighted by molar-refractivity contribution is 5.87. The molecule has 0 unspecified atom stereocenters.